The predicted octanol–water partition coefficient (Wildman–Crippen LogP) is 3.37. The molecular formula is C21H23N5O. The van der Waals surface area contributed by atoms with E-state index in [2.05, 4.69) is 39.5 Å². The van der Waals surface area contributed by atoms with Crippen LogP contribution in [0.3, 0.4) is 0 Å². The Labute approximate surface area is 159 Å². The number of rotatable bonds is 5. The normalized spacial score (nSPS) is 13.8. The lowest BCUT2D eigenvalue weighted by molar-refractivity contribution is 0.241. The molecular weight excluding hydrogens is 338 g/mol. The van der Waals surface area contributed by atoms with Crippen molar-refractivity contribution in [2.24, 2.45) is 0 Å². The van der Waals surface area contributed by atoms with E-state index in [1.54, 1.807) is 7.11 Å². The van der Waals surface area contributed by atoms with Crippen molar-refractivity contribution in [2.75, 3.05) is 24.7 Å². The number of benzene rings is 2. The summed E-state index contributed by atoms with van der Waals surface area (Å²) in [6.45, 7) is 2.62. The molecule has 0 saturated carbocycles. The van der Waals surface area contributed by atoms with Gasteiger partial charge in [-0.3, -0.25) is 4.90 Å². The average molecular weight is 361 g/mol. The highest BCUT2D eigenvalue weighted by atomic mass is 16.5. The first kappa shape index (κ1) is 17.3. The van der Waals surface area contributed by atoms with Gasteiger partial charge in [0.05, 0.1) is 18.5 Å². The fraction of sp³-hybridized carbons (Fsp3) is 0.238. The smallest absolute Gasteiger partial charge is 0.229 e. The van der Waals surface area contributed by atoms with Crippen molar-refractivity contribution in [1.29, 1.82) is 0 Å². The zero-order valence-electron chi connectivity index (χ0n) is 15.4. The third kappa shape index (κ3) is 3.85. The van der Waals surface area contributed by atoms with Crippen LogP contribution < -0.4 is 15.8 Å². The van der Waals surface area contributed by atoms with E-state index < -0.39 is 0 Å². The molecule has 1 aromatic heterocycles. The third-order valence-corrected chi connectivity index (χ3v) is 4.78. The van der Waals surface area contributed by atoms with Gasteiger partial charge in [0.25, 0.3) is 0 Å². The van der Waals surface area contributed by atoms with Gasteiger partial charge in [-0.05, 0) is 24.1 Å². The number of methoxy groups -OCH3 is 1. The van der Waals surface area contributed by atoms with Crippen LogP contribution in [0.5, 0.6) is 5.75 Å². The van der Waals surface area contributed by atoms with E-state index in [9.17, 15) is 0 Å². The van der Waals surface area contributed by atoms with Crippen molar-refractivity contribution in [3.05, 3.63) is 71.4 Å². The number of aromatic nitrogens is 2. The van der Waals surface area contributed by atoms with Crippen LogP contribution in [0.1, 0.15) is 16.8 Å². The number of ether oxygens (including phenoxy) is 1. The van der Waals surface area contributed by atoms with Crippen molar-refractivity contribution in [1.82, 2.24) is 14.9 Å². The lowest BCUT2D eigenvalue weighted by atomic mass is 10.0. The summed E-state index contributed by atoms with van der Waals surface area (Å²) in [6.07, 6.45) is 0.864. The Bertz CT molecular complexity index is 929. The second-order valence-electron chi connectivity index (χ2n) is 6.63. The number of para-hydroxylation sites is 2. The third-order valence-electron chi connectivity index (χ3n) is 4.78. The molecule has 2 heterocycles. The Morgan fingerprint density at radius 2 is 1.85 bits per heavy atom. The standard InChI is InChI=1S/C21H23N5O/c1-27-19-10-6-5-9-17(19)23-21-24-18-14-26(12-11-16(18)20(22)25-21)13-15-7-3-2-4-8-15/h2-10H,11-14H2,1H3,(H3,22,23,24,25). The molecule has 6 heteroatoms. The average Bonchev–Trinajstić information content (AvgIpc) is 2.69. The van der Waals surface area contributed by atoms with Crippen LogP contribution in [0.2, 0.25) is 0 Å². The van der Waals surface area contributed by atoms with Gasteiger partial charge >= 0.3 is 0 Å². The zero-order valence-corrected chi connectivity index (χ0v) is 15.4. The molecule has 3 N–H and O–H groups in total. The highest BCUT2D eigenvalue weighted by Crippen LogP contribution is 2.28. The summed E-state index contributed by atoms with van der Waals surface area (Å²) in [6, 6.07) is 18.2. The number of hydrogen-bond acceptors (Lipinski definition) is 6. The Morgan fingerprint density at radius 1 is 1.07 bits per heavy atom. The minimum absolute atomic E-state index is 0.498. The van der Waals surface area contributed by atoms with Gasteiger partial charge in [0.15, 0.2) is 0 Å². The van der Waals surface area contributed by atoms with Crippen LogP contribution in [0.4, 0.5) is 17.5 Å². The first-order valence-corrected chi connectivity index (χ1v) is 9.04. The second-order valence-corrected chi connectivity index (χ2v) is 6.63. The molecule has 27 heavy (non-hydrogen) atoms. The van der Waals surface area contributed by atoms with Crippen LogP contribution in [0.25, 0.3) is 0 Å². The van der Waals surface area contributed by atoms with Crippen LogP contribution >= 0.6 is 0 Å². The van der Waals surface area contributed by atoms with E-state index in [1.807, 2.05) is 30.3 Å². The van der Waals surface area contributed by atoms with Gasteiger partial charge in [-0.15, -0.1) is 0 Å². The molecule has 0 saturated heterocycles. The first-order chi connectivity index (χ1) is 13.2. The van der Waals surface area contributed by atoms with E-state index in [0.29, 0.717) is 11.8 Å². The van der Waals surface area contributed by atoms with Gasteiger partial charge in [0.1, 0.15) is 11.6 Å². The maximum atomic E-state index is 6.22. The maximum Gasteiger partial charge on any atom is 0.229 e. The summed E-state index contributed by atoms with van der Waals surface area (Å²) >= 11 is 0. The summed E-state index contributed by atoms with van der Waals surface area (Å²) in [7, 11) is 1.64. The molecule has 0 amide bonds. The summed E-state index contributed by atoms with van der Waals surface area (Å²) < 4.78 is 5.39. The maximum absolute atomic E-state index is 6.22. The first-order valence-electron chi connectivity index (χ1n) is 9.04. The lowest BCUT2D eigenvalue weighted by Gasteiger charge is -2.28. The second kappa shape index (κ2) is 7.63. The van der Waals surface area contributed by atoms with Crippen molar-refractivity contribution in [2.45, 2.75) is 19.5 Å². The topological polar surface area (TPSA) is 76.3 Å². The molecule has 0 atom stereocenters. The van der Waals surface area contributed by atoms with Gasteiger partial charge in [0.2, 0.25) is 5.95 Å². The Kier molecular flexibility index (Phi) is 4.89. The number of nitrogen functional groups attached to an aromatic ring is 1. The number of hydrogen-bond donors (Lipinski definition) is 2. The minimum atomic E-state index is 0.498. The van der Waals surface area contributed by atoms with Gasteiger partial charge in [-0.25, -0.2) is 4.98 Å². The highest BCUT2D eigenvalue weighted by Gasteiger charge is 2.21. The molecule has 6 nitrogen and oxygen atoms in total. The molecule has 4 rings (SSSR count). The number of nitrogens with zero attached hydrogens (tertiary/aromatic N) is 3. The number of nitrogens with two attached hydrogens (primary N) is 1. The number of anilines is 3. The Balaban J connectivity index is 1.56. The van der Waals surface area contributed by atoms with Crippen LogP contribution in [0.15, 0.2) is 54.6 Å². The van der Waals surface area contributed by atoms with Gasteiger partial charge in [0, 0.05) is 25.2 Å². The fourth-order valence-corrected chi connectivity index (χ4v) is 3.41. The van der Waals surface area contributed by atoms with E-state index in [1.165, 1.54) is 5.56 Å². The Hall–Kier alpha value is -3.12. The summed E-state index contributed by atoms with van der Waals surface area (Å²) in [5, 5.41) is 3.23. The largest absolute Gasteiger partial charge is 0.495 e. The van der Waals surface area contributed by atoms with Crippen LogP contribution in [-0.4, -0.2) is 28.5 Å². The highest BCUT2D eigenvalue weighted by molar-refractivity contribution is 5.63. The molecule has 0 spiro atoms. The number of fused-ring (bicyclic) bond motifs is 1. The van der Waals surface area contributed by atoms with Crippen molar-refractivity contribution >= 4 is 17.5 Å². The Morgan fingerprint density at radius 3 is 2.67 bits per heavy atom. The summed E-state index contributed by atoms with van der Waals surface area (Å²) in [4.78, 5) is 11.6. The van der Waals surface area contributed by atoms with Crippen molar-refractivity contribution in [3.8, 4) is 5.75 Å². The molecule has 1 aliphatic heterocycles. The molecule has 0 radical (unpaired) electrons. The van der Waals surface area contributed by atoms with E-state index >= 15 is 0 Å². The van der Waals surface area contributed by atoms with Crippen LogP contribution in [0, 0.1) is 0 Å². The molecule has 0 aliphatic carbocycles. The van der Waals surface area contributed by atoms with Crippen LogP contribution in [-0.2, 0) is 19.5 Å². The molecule has 0 unspecified atom stereocenters. The molecule has 0 bridgehead atoms. The van der Waals surface area contributed by atoms with Crippen molar-refractivity contribution in [3.63, 3.8) is 0 Å². The SMILES string of the molecule is COc1ccccc1Nc1nc(N)c2c(n1)CN(Cc1ccccc1)CC2. The quantitative estimate of drug-likeness (QED) is 0.726. The predicted molar refractivity (Wildman–Crippen MR) is 107 cm³/mol. The monoisotopic (exact) mass is 361 g/mol. The van der Waals surface area contributed by atoms with E-state index in [4.69, 9.17) is 15.5 Å². The zero-order chi connectivity index (χ0) is 18.6. The fourth-order valence-electron chi connectivity index (χ4n) is 3.41. The lowest BCUT2D eigenvalue weighted by Crippen LogP contribution is -2.31. The van der Waals surface area contributed by atoms with E-state index in [-0.39, 0.29) is 0 Å². The molecule has 0 fully saturated rings. The number of nitrogens with one attached hydrogen (secondary N) is 1. The molecule has 1 aliphatic rings. The summed E-state index contributed by atoms with van der Waals surface area (Å²) in [5.41, 5.74) is 10.4. The molecule has 138 valence electrons. The van der Waals surface area contributed by atoms with Gasteiger partial charge in [-0.1, -0.05) is 42.5 Å². The van der Waals surface area contributed by atoms with E-state index in [0.717, 1.165) is 48.7 Å². The summed E-state index contributed by atoms with van der Waals surface area (Å²) in [5.74, 6) is 1.79. The van der Waals surface area contributed by atoms with Crippen molar-refractivity contribution < 1.29 is 4.74 Å². The molecule has 2 aromatic carbocycles. The van der Waals surface area contributed by atoms with Gasteiger partial charge < -0.3 is 15.8 Å². The van der Waals surface area contributed by atoms with Gasteiger partial charge in [-0.2, -0.15) is 4.98 Å². The minimum Gasteiger partial charge on any atom is -0.495 e. The molecule has 3 aromatic rings.